The van der Waals surface area contributed by atoms with E-state index in [0.717, 1.165) is 5.56 Å². The number of aromatic amines is 2. The van der Waals surface area contributed by atoms with E-state index >= 15 is 0 Å². The third kappa shape index (κ3) is 2.95. The fourth-order valence-electron chi connectivity index (χ4n) is 1.59. The van der Waals surface area contributed by atoms with Crippen molar-refractivity contribution in [3.8, 4) is 0 Å². The number of H-pyrrole nitrogens is 2. The molecule has 7 heteroatoms. The average Bonchev–Trinajstić information content (AvgIpc) is 2.39. The highest BCUT2D eigenvalue weighted by molar-refractivity contribution is 5.91. The second-order valence-electron chi connectivity index (χ2n) is 3.96. The van der Waals surface area contributed by atoms with Crippen LogP contribution in [0.5, 0.6) is 0 Å². The zero-order valence-corrected chi connectivity index (χ0v) is 10.1. The topological polar surface area (TPSA) is 108 Å². The van der Waals surface area contributed by atoms with Gasteiger partial charge in [-0.25, -0.2) is 9.89 Å². The molecule has 0 spiro atoms. The number of benzene rings is 1. The van der Waals surface area contributed by atoms with Crippen LogP contribution >= 0.6 is 0 Å². The molecule has 98 valence electrons. The Balaban J connectivity index is 2.18. The van der Waals surface area contributed by atoms with E-state index in [-0.39, 0.29) is 11.7 Å². The Labute approximate surface area is 107 Å². The van der Waals surface area contributed by atoms with Crippen LogP contribution in [0.25, 0.3) is 0 Å². The summed E-state index contributed by atoms with van der Waals surface area (Å²) in [5.74, 6) is -0.645. The quantitative estimate of drug-likeness (QED) is 0.719. The number of nitrogens with zero attached hydrogens (tertiary/aromatic N) is 1. The van der Waals surface area contributed by atoms with Crippen molar-refractivity contribution in [2.24, 2.45) is 0 Å². The van der Waals surface area contributed by atoms with Crippen molar-refractivity contribution in [3.05, 3.63) is 62.4 Å². The first-order valence-electron chi connectivity index (χ1n) is 5.62. The number of aromatic nitrogens is 3. The standard InChI is InChI=1S/C12H12N4O3/c1-7(8-5-3-2-4-6-8)13-10(17)9-11(18)14-12(19)16-15-9/h2-7H,1H3,(H,13,17)(H2,14,16,18,19). The van der Waals surface area contributed by atoms with Gasteiger partial charge in [0.2, 0.25) is 5.69 Å². The molecule has 1 aromatic heterocycles. The predicted molar refractivity (Wildman–Crippen MR) is 67.8 cm³/mol. The summed E-state index contributed by atoms with van der Waals surface area (Å²) in [5.41, 5.74) is -1.04. The Hall–Kier alpha value is -2.70. The van der Waals surface area contributed by atoms with E-state index in [1.807, 2.05) is 40.4 Å². The minimum absolute atomic E-state index is 0.276. The fraction of sp³-hybridized carbons (Fsp3) is 0.167. The normalized spacial score (nSPS) is 11.8. The Morgan fingerprint density at radius 2 is 1.95 bits per heavy atom. The first-order chi connectivity index (χ1) is 9.08. The summed E-state index contributed by atoms with van der Waals surface area (Å²) in [6, 6.07) is 9.00. The van der Waals surface area contributed by atoms with E-state index in [2.05, 4.69) is 10.4 Å². The van der Waals surface area contributed by atoms with Gasteiger partial charge in [-0.05, 0) is 12.5 Å². The zero-order valence-electron chi connectivity index (χ0n) is 10.1. The highest BCUT2D eigenvalue weighted by atomic mass is 16.2. The number of carbonyl (C=O) groups excluding carboxylic acids is 1. The summed E-state index contributed by atoms with van der Waals surface area (Å²) in [7, 11) is 0. The van der Waals surface area contributed by atoms with E-state index < -0.39 is 17.2 Å². The molecule has 0 aliphatic heterocycles. The van der Waals surface area contributed by atoms with Gasteiger partial charge in [-0.15, -0.1) is 0 Å². The molecule has 2 aromatic rings. The van der Waals surface area contributed by atoms with E-state index in [0.29, 0.717) is 0 Å². The van der Waals surface area contributed by atoms with Gasteiger partial charge >= 0.3 is 5.69 Å². The first-order valence-corrected chi connectivity index (χ1v) is 5.62. The summed E-state index contributed by atoms with van der Waals surface area (Å²) in [5, 5.41) is 8.07. The molecule has 3 N–H and O–H groups in total. The van der Waals surface area contributed by atoms with Crippen LogP contribution in [0.2, 0.25) is 0 Å². The average molecular weight is 260 g/mol. The maximum Gasteiger partial charge on any atom is 0.342 e. The summed E-state index contributed by atoms with van der Waals surface area (Å²) in [4.78, 5) is 36.0. The van der Waals surface area contributed by atoms with Crippen LogP contribution in [-0.4, -0.2) is 21.1 Å². The number of hydrogen-bond acceptors (Lipinski definition) is 4. The van der Waals surface area contributed by atoms with Gasteiger partial charge in [-0.1, -0.05) is 30.3 Å². The van der Waals surface area contributed by atoms with Crippen LogP contribution in [0, 0.1) is 0 Å². The predicted octanol–water partition coefficient (Wildman–Crippen LogP) is -0.0508. The van der Waals surface area contributed by atoms with Gasteiger partial charge in [0, 0.05) is 0 Å². The Bertz CT molecular complexity index is 690. The summed E-state index contributed by atoms with van der Waals surface area (Å²) >= 11 is 0. The van der Waals surface area contributed by atoms with E-state index in [1.54, 1.807) is 6.92 Å². The van der Waals surface area contributed by atoms with Crippen molar-refractivity contribution in [2.75, 3.05) is 0 Å². The van der Waals surface area contributed by atoms with Crippen molar-refractivity contribution in [1.29, 1.82) is 0 Å². The first kappa shape index (κ1) is 12.7. The van der Waals surface area contributed by atoms with Crippen LogP contribution < -0.4 is 16.6 Å². The Morgan fingerprint density at radius 3 is 2.58 bits per heavy atom. The molecule has 1 aromatic carbocycles. The fourth-order valence-corrected chi connectivity index (χ4v) is 1.59. The Kier molecular flexibility index (Phi) is 3.56. The highest BCUT2D eigenvalue weighted by Gasteiger charge is 2.16. The SMILES string of the molecule is CC(NC(=O)c1n[nH]c(=O)[nH]c1=O)c1ccccc1. The van der Waals surface area contributed by atoms with E-state index in [1.165, 1.54) is 0 Å². The minimum atomic E-state index is -0.818. The van der Waals surface area contributed by atoms with Gasteiger partial charge in [-0.3, -0.25) is 14.6 Å². The number of carbonyl (C=O) groups is 1. The molecule has 0 saturated heterocycles. The van der Waals surface area contributed by atoms with Gasteiger partial charge in [0.05, 0.1) is 6.04 Å². The molecule has 7 nitrogen and oxygen atoms in total. The van der Waals surface area contributed by atoms with Crippen molar-refractivity contribution < 1.29 is 4.79 Å². The Morgan fingerprint density at radius 1 is 1.26 bits per heavy atom. The van der Waals surface area contributed by atoms with Crippen molar-refractivity contribution in [1.82, 2.24) is 20.5 Å². The van der Waals surface area contributed by atoms with Crippen molar-refractivity contribution in [3.63, 3.8) is 0 Å². The van der Waals surface area contributed by atoms with Gasteiger partial charge in [0.25, 0.3) is 11.5 Å². The maximum absolute atomic E-state index is 11.8. The molecular formula is C12H12N4O3. The second kappa shape index (κ2) is 5.30. The molecule has 0 bridgehead atoms. The monoisotopic (exact) mass is 260 g/mol. The third-order valence-electron chi connectivity index (χ3n) is 2.57. The molecule has 1 atom stereocenters. The maximum atomic E-state index is 11.8. The van der Waals surface area contributed by atoms with Gasteiger partial charge < -0.3 is 5.32 Å². The van der Waals surface area contributed by atoms with Gasteiger partial charge in [0.15, 0.2) is 0 Å². The van der Waals surface area contributed by atoms with Crippen LogP contribution in [0.1, 0.15) is 29.0 Å². The molecule has 0 saturated carbocycles. The molecule has 0 aliphatic carbocycles. The molecule has 1 heterocycles. The van der Waals surface area contributed by atoms with Crippen LogP contribution in [0.3, 0.4) is 0 Å². The summed E-state index contributed by atoms with van der Waals surface area (Å²) in [6.45, 7) is 1.78. The van der Waals surface area contributed by atoms with Crippen LogP contribution in [0.15, 0.2) is 39.9 Å². The third-order valence-corrected chi connectivity index (χ3v) is 2.57. The van der Waals surface area contributed by atoms with E-state index in [4.69, 9.17) is 0 Å². The lowest BCUT2D eigenvalue weighted by atomic mass is 10.1. The minimum Gasteiger partial charge on any atom is -0.344 e. The molecule has 0 radical (unpaired) electrons. The number of nitrogens with one attached hydrogen (secondary N) is 3. The van der Waals surface area contributed by atoms with Crippen LogP contribution in [-0.2, 0) is 0 Å². The number of hydrogen-bond donors (Lipinski definition) is 3. The van der Waals surface area contributed by atoms with E-state index in [9.17, 15) is 14.4 Å². The highest BCUT2D eigenvalue weighted by Crippen LogP contribution is 2.10. The molecule has 2 rings (SSSR count). The zero-order chi connectivity index (χ0) is 13.8. The molecular weight excluding hydrogens is 248 g/mol. The smallest absolute Gasteiger partial charge is 0.342 e. The molecule has 1 unspecified atom stereocenters. The summed E-state index contributed by atoms with van der Waals surface area (Å²) in [6.07, 6.45) is 0. The molecule has 1 amide bonds. The van der Waals surface area contributed by atoms with Crippen LogP contribution in [0.4, 0.5) is 0 Å². The summed E-state index contributed by atoms with van der Waals surface area (Å²) < 4.78 is 0. The lowest BCUT2D eigenvalue weighted by molar-refractivity contribution is 0.0931. The largest absolute Gasteiger partial charge is 0.344 e. The number of amides is 1. The van der Waals surface area contributed by atoms with Crippen molar-refractivity contribution >= 4 is 5.91 Å². The van der Waals surface area contributed by atoms with Gasteiger partial charge in [0.1, 0.15) is 0 Å². The molecule has 19 heavy (non-hydrogen) atoms. The van der Waals surface area contributed by atoms with Gasteiger partial charge in [-0.2, -0.15) is 5.10 Å². The lowest BCUT2D eigenvalue weighted by Crippen LogP contribution is -2.36. The number of rotatable bonds is 3. The molecule has 0 fully saturated rings. The molecule has 0 aliphatic rings. The lowest BCUT2D eigenvalue weighted by Gasteiger charge is -2.13. The van der Waals surface area contributed by atoms with Crippen molar-refractivity contribution in [2.45, 2.75) is 13.0 Å². The second-order valence-corrected chi connectivity index (χ2v) is 3.96.